The summed E-state index contributed by atoms with van der Waals surface area (Å²) in [7, 11) is -3.90. The predicted molar refractivity (Wildman–Crippen MR) is 107 cm³/mol. The Labute approximate surface area is 167 Å². The first kappa shape index (κ1) is 18.8. The Morgan fingerprint density at radius 2 is 1.72 bits per heavy atom. The van der Waals surface area contributed by atoms with Crippen LogP contribution in [0.15, 0.2) is 82.2 Å². The molecule has 1 aromatic heterocycles. The van der Waals surface area contributed by atoms with Crippen molar-refractivity contribution in [3.05, 3.63) is 84.2 Å². The van der Waals surface area contributed by atoms with Crippen LogP contribution in [0.5, 0.6) is 0 Å². The second-order valence-electron chi connectivity index (χ2n) is 6.40. The number of aromatic nitrogens is 2. The summed E-state index contributed by atoms with van der Waals surface area (Å²) < 4.78 is 46.9. The van der Waals surface area contributed by atoms with Gasteiger partial charge in [-0.05, 0) is 61.0 Å². The van der Waals surface area contributed by atoms with Crippen LogP contribution in [0.2, 0.25) is 0 Å². The van der Waals surface area contributed by atoms with Gasteiger partial charge in [-0.1, -0.05) is 29.4 Å². The molecule has 4 rings (SSSR count). The summed E-state index contributed by atoms with van der Waals surface area (Å²) in [5, 5.41) is 3.89. The first-order valence-electron chi connectivity index (χ1n) is 8.71. The minimum absolute atomic E-state index is 0.0100. The van der Waals surface area contributed by atoms with Gasteiger partial charge in [0, 0.05) is 11.3 Å². The largest absolute Gasteiger partial charge is 0.334 e. The Morgan fingerprint density at radius 3 is 2.48 bits per heavy atom. The van der Waals surface area contributed by atoms with E-state index in [-0.39, 0.29) is 28.0 Å². The Bertz CT molecular complexity index is 1270. The lowest BCUT2D eigenvalue weighted by atomic mass is 10.2. The van der Waals surface area contributed by atoms with Crippen molar-refractivity contribution < 1.29 is 17.3 Å². The molecule has 3 aromatic carbocycles. The van der Waals surface area contributed by atoms with Crippen LogP contribution in [0.3, 0.4) is 0 Å². The van der Waals surface area contributed by atoms with E-state index in [4.69, 9.17) is 4.52 Å². The topological polar surface area (TPSA) is 85.1 Å². The van der Waals surface area contributed by atoms with Crippen LogP contribution in [0, 0.1) is 12.7 Å². The van der Waals surface area contributed by atoms with Gasteiger partial charge in [0.25, 0.3) is 15.9 Å². The molecule has 0 unspecified atom stereocenters. The molecule has 1 heterocycles. The fourth-order valence-corrected chi connectivity index (χ4v) is 4.10. The Kier molecular flexibility index (Phi) is 4.85. The quantitative estimate of drug-likeness (QED) is 0.519. The summed E-state index contributed by atoms with van der Waals surface area (Å²) in [6.45, 7) is 1.88. The minimum atomic E-state index is -3.90. The first-order valence-corrected chi connectivity index (χ1v) is 10.2. The maximum Gasteiger partial charge on any atom is 0.262 e. The van der Waals surface area contributed by atoms with E-state index in [0.29, 0.717) is 11.3 Å². The molecule has 6 nitrogen and oxygen atoms in total. The van der Waals surface area contributed by atoms with Crippen LogP contribution in [-0.4, -0.2) is 18.6 Å². The number of nitrogens with zero attached hydrogens (tertiary/aromatic N) is 2. The molecule has 0 spiro atoms. The van der Waals surface area contributed by atoms with E-state index < -0.39 is 10.0 Å². The highest BCUT2D eigenvalue weighted by Gasteiger charge is 2.23. The molecule has 0 saturated heterocycles. The summed E-state index contributed by atoms with van der Waals surface area (Å²) in [4.78, 5) is 4.29. The van der Waals surface area contributed by atoms with Crippen molar-refractivity contribution in [2.75, 3.05) is 4.72 Å². The van der Waals surface area contributed by atoms with Crippen molar-refractivity contribution in [1.82, 2.24) is 10.1 Å². The molecule has 0 aliphatic carbocycles. The van der Waals surface area contributed by atoms with Crippen LogP contribution in [0.1, 0.15) is 5.56 Å². The number of nitrogens with one attached hydrogen (secondary N) is 1. The monoisotopic (exact) mass is 409 g/mol. The Balaban J connectivity index is 1.71. The maximum absolute atomic E-state index is 13.1. The number of rotatable bonds is 5. The summed E-state index contributed by atoms with van der Waals surface area (Å²) in [6.07, 6.45) is 0. The van der Waals surface area contributed by atoms with Crippen molar-refractivity contribution in [3.63, 3.8) is 0 Å². The van der Waals surface area contributed by atoms with E-state index in [2.05, 4.69) is 14.9 Å². The van der Waals surface area contributed by atoms with Gasteiger partial charge >= 0.3 is 0 Å². The Hall–Kier alpha value is -3.52. The third-order valence-electron chi connectivity index (χ3n) is 4.21. The highest BCUT2D eigenvalue weighted by atomic mass is 32.2. The molecule has 29 heavy (non-hydrogen) atoms. The molecule has 146 valence electrons. The van der Waals surface area contributed by atoms with Gasteiger partial charge in [0.1, 0.15) is 10.7 Å². The Morgan fingerprint density at radius 1 is 0.966 bits per heavy atom. The number of hydrogen-bond donors (Lipinski definition) is 1. The van der Waals surface area contributed by atoms with Crippen LogP contribution in [-0.2, 0) is 10.0 Å². The molecule has 0 aliphatic rings. The fourth-order valence-electron chi connectivity index (χ4n) is 2.85. The highest BCUT2D eigenvalue weighted by molar-refractivity contribution is 7.92. The van der Waals surface area contributed by atoms with E-state index in [1.54, 1.807) is 36.4 Å². The SMILES string of the molecule is Cc1cccc(NS(=O)(=O)c2ccccc2-c2nc(-c3ccc(F)cc3)no2)c1. The molecular weight excluding hydrogens is 393 g/mol. The zero-order valence-electron chi connectivity index (χ0n) is 15.3. The molecule has 1 N–H and O–H groups in total. The zero-order valence-corrected chi connectivity index (χ0v) is 16.2. The van der Waals surface area contributed by atoms with Crippen molar-refractivity contribution in [1.29, 1.82) is 0 Å². The van der Waals surface area contributed by atoms with Crippen LogP contribution >= 0.6 is 0 Å². The minimum Gasteiger partial charge on any atom is -0.334 e. The van der Waals surface area contributed by atoms with E-state index >= 15 is 0 Å². The molecule has 0 radical (unpaired) electrons. The van der Waals surface area contributed by atoms with Crippen molar-refractivity contribution >= 4 is 15.7 Å². The number of sulfonamides is 1. The van der Waals surface area contributed by atoms with Crippen LogP contribution in [0.25, 0.3) is 22.8 Å². The average Bonchev–Trinajstić information content (AvgIpc) is 3.18. The molecule has 0 aliphatic heterocycles. The normalized spacial score (nSPS) is 11.4. The second kappa shape index (κ2) is 7.48. The van der Waals surface area contributed by atoms with Gasteiger partial charge in [-0.2, -0.15) is 4.98 Å². The summed E-state index contributed by atoms with van der Waals surface area (Å²) in [6, 6.07) is 19.0. The molecule has 0 atom stereocenters. The first-order chi connectivity index (χ1) is 13.9. The number of halogens is 1. The van der Waals surface area contributed by atoms with Gasteiger partial charge < -0.3 is 4.52 Å². The number of benzene rings is 3. The molecule has 0 bridgehead atoms. The van der Waals surface area contributed by atoms with Gasteiger partial charge in [0.05, 0.1) is 5.56 Å². The second-order valence-corrected chi connectivity index (χ2v) is 8.05. The van der Waals surface area contributed by atoms with Gasteiger partial charge in [-0.3, -0.25) is 4.72 Å². The molecule has 4 aromatic rings. The molecule has 0 saturated carbocycles. The summed E-state index contributed by atoms with van der Waals surface area (Å²) in [5.74, 6) is -0.0930. The lowest BCUT2D eigenvalue weighted by Gasteiger charge is -2.10. The average molecular weight is 409 g/mol. The number of anilines is 1. The lowest BCUT2D eigenvalue weighted by Crippen LogP contribution is -2.14. The van der Waals surface area contributed by atoms with Crippen molar-refractivity contribution in [3.8, 4) is 22.8 Å². The molecule has 8 heteroatoms. The van der Waals surface area contributed by atoms with Crippen molar-refractivity contribution in [2.24, 2.45) is 0 Å². The van der Waals surface area contributed by atoms with Gasteiger partial charge in [0.15, 0.2) is 0 Å². The zero-order chi connectivity index (χ0) is 20.4. The molecule has 0 fully saturated rings. The van der Waals surface area contributed by atoms with E-state index in [1.807, 2.05) is 13.0 Å². The fraction of sp³-hybridized carbons (Fsp3) is 0.0476. The maximum atomic E-state index is 13.1. The van der Waals surface area contributed by atoms with Crippen LogP contribution in [0.4, 0.5) is 10.1 Å². The van der Waals surface area contributed by atoms with Gasteiger partial charge in [-0.15, -0.1) is 0 Å². The highest BCUT2D eigenvalue weighted by Crippen LogP contribution is 2.29. The predicted octanol–water partition coefficient (Wildman–Crippen LogP) is 4.65. The summed E-state index contributed by atoms with van der Waals surface area (Å²) in [5.41, 5.74) is 2.21. The van der Waals surface area contributed by atoms with Crippen molar-refractivity contribution in [2.45, 2.75) is 11.8 Å². The molecule has 0 amide bonds. The smallest absolute Gasteiger partial charge is 0.262 e. The third kappa shape index (κ3) is 4.02. The third-order valence-corrected chi connectivity index (χ3v) is 5.65. The van der Waals surface area contributed by atoms with Crippen LogP contribution < -0.4 is 4.72 Å². The van der Waals surface area contributed by atoms with Gasteiger partial charge in [0.2, 0.25) is 5.82 Å². The van der Waals surface area contributed by atoms with E-state index in [0.717, 1.165) is 5.56 Å². The number of aryl methyl sites for hydroxylation is 1. The number of hydrogen-bond acceptors (Lipinski definition) is 5. The van der Waals surface area contributed by atoms with E-state index in [9.17, 15) is 12.8 Å². The standard InChI is InChI=1S/C21H16FN3O3S/c1-14-5-4-6-17(13-14)25-29(26,27)19-8-3-2-7-18(19)21-23-20(24-28-21)15-9-11-16(22)12-10-15/h2-13,25H,1H3. The lowest BCUT2D eigenvalue weighted by molar-refractivity contribution is 0.431. The summed E-state index contributed by atoms with van der Waals surface area (Å²) >= 11 is 0. The van der Waals surface area contributed by atoms with Gasteiger partial charge in [-0.25, -0.2) is 12.8 Å². The van der Waals surface area contributed by atoms with E-state index in [1.165, 1.54) is 30.3 Å². The molecular formula is C21H16FN3O3S.